The van der Waals surface area contributed by atoms with Crippen molar-refractivity contribution in [1.82, 2.24) is 19.7 Å². The first-order valence-corrected chi connectivity index (χ1v) is 11.7. The van der Waals surface area contributed by atoms with Gasteiger partial charge in [-0.3, -0.25) is 9.59 Å². The van der Waals surface area contributed by atoms with Gasteiger partial charge in [0.2, 0.25) is 11.8 Å². The molecule has 4 heterocycles. The molecule has 0 aliphatic carbocycles. The molecule has 3 aliphatic rings. The molecule has 1 aromatic heterocycles. The number of nitrogens with one attached hydrogen (secondary N) is 1. The van der Waals surface area contributed by atoms with Gasteiger partial charge in [-0.2, -0.15) is 0 Å². The molecular formula is C22H27N5O2S. The average molecular weight is 426 g/mol. The van der Waals surface area contributed by atoms with Crippen LogP contribution in [0.1, 0.15) is 50.4 Å². The van der Waals surface area contributed by atoms with E-state index in [1.165, 1.54) is 6.42 Å². The first-order chi connectivity index (χ1) is 14.5. The van der Waals surface area contributed by atoms with Gasteiger partial charge in [0, 0.05) is 36.4 Å². The molecule has 0 spiro atoms. The van der Waals surface area contributed by atoms with Gasteiger partial charge in [-0.05, 0) is 44.7 Å². The zero-order chi connectivity index (χ0) is 20.9. The Hall–Kier alpha value is -2.35. The fourth-order valence-corrected chi connectivity index (χ4v) is 6.26. The molecule has 3 aliphatic heterocycles. The summed E-state index contributed by atoms with van der Waals surface area (Å²) in [7, 11) is 0. The Morgan fingerprint density at radius 1 is 1.23 bits per heavy atom. The van der Waals surface area contributed by atoms with E-state index in [0.29, 0.717) is 12.2 Å². The second kappa shape index (κ2) is 7.41. The summed E-state index contributed by atoms with van der Waals surface area (Å²) >= 11 is 1.71. The van der Waals surface area contributed by atoms with Crippen LogP contribution in [0.3, 0.4) is 0 Å². The Balaban J connectivity index is 1.41. The van der Waals surface area contributed by atoms with Crippen LogP contribution in [0, 0.1) is 6.92 Å². The fourth-order valence-electron chi connectivity index (χ4n) is 4.83. The molecule has 2 saturated heterocycles. The minimum absolute atomic E-state index is 0.0827. The van der Waals surface area contributed by atoms with E-state index >= 15 is 0 Å². The number of aromatic nitrogens is 3. The largest absolute Gasteiger partial charge is 0.324 e. The van der Waals surface area contributed by atoms with E-state index in [4.69, 9.17) is 0 Å². The molecule has 8 heteroatoms. The summed E-state index contributed by atoms with van der Waals surface area (Å²) in [6, 6.07) is 5.63. The van der Waals surface area contributed by atoms with Crippen LogP contribution in [-0.4, -0.2) is 48.1 Å². The molecule has 30 heavy (non-hydrogen) atoms. The first kappa shape index (κ1) is 19.6. The summed E-state index contributed by atoms with van der Waals surface area (Å²) in [5, 5.41) is 11.9. The quantitative estimate of drug-likeness (QED) is 0.816. The van der Waals surface area contributed by atoms with Crippen LogP contribution in [0.15, 0.2) is 18.2 Å². The van der Waals surface area contributed by atoms with E-state index in [-0.39, 0.29) is 16.7 Å². The third-order valence-corrected chi connectivity index (χ3v) is 8.12. The first-order valence-electron chi connectivity index (χ1n) is 10.8. The van der Waals surface area contributed by atoms with Crippen molar-refractivity contribution >= 4 is 29.3 Å². The molecule has 2 fully saturated rings. The van der Waals surface area contributed by atoms with Gasteiger partial charge in [-0.25, -0.2) is 0 Å². The Morgan fingerprint density at radius 3 is 2.97 bits per heavy atom. The van der Waals surface area contributed by atoms with Crippen molar-refractivity contribution in [2.45, 2.75) is 69.8 Å². The van der Waals surface area contributed by atoms with Crippen molar-refractivity contribution in [1.29, 1.82) is 0 Å². The summed E-state index contributed by atoms with van der Waals surface area (Å²) in [5.41, 5.74) is 2.72. The van der Waals surface area contributed by atoms with Crippen LogP contribution < -0.4 is 5.32 Å². The number of benzene rings is 1. The predicted octanol–water partition coefficient (Wildman–Crippen LogP) is 3.37. The molecule has 2 atom stereocenters. The van der Waals surface area contributed by atoms with Crippen LogP contribution >= 0.6 is 11.8 Å². The SMILES string of the molecule is Cc1ccc(-c2nnc3n2CCCCC3)cc1NC(=O)[C@H]1CS[C@]2(C)CCC(=O)N12. The second-order valence-corrected chi connectivity index (χ2v) is 10.2. The molecule has 158 valence electrons. The van der Waals surface area contributed by atoms with Crippen molar-refractivity contribution in [3.63, 3.8) is 0 Å². The number of nitrogens with zero attached hydrogens (tertiary/aromatic N) is 4. The number of anilines is 1. The topological polar surface area (TPSA) is 80.1 Å². The predicted molar refractivity (Wildman–Crippen MR) is 117 cm³/mol. The van der Waals surface area contributed by atoms with Crippen LogP contribution in [0.25, 0.3) is 11.4 Å². The maximum atomic E-state index is 13.1. The summed E-state index contributed by atoms with van der Waals surface area (Å²) in [5.74, 6) is 2.52. The number of thioether (sulfide) groups is 1. The summed E-state index contributed by atoms with van der Waals surface area (Å²) < 4.78 is 2.21. The highest BCUT2D eigenvalue weighted by molar-refractivity contribution is 8.01. The number of hydrogen-bond donors (Lipinski definition) is 1. The van der Waals surface area contributed by atoms with E-state index in [1.54, 1.807) is 16.7 Å². The molecule has 1 aromatic carbocycles. The smallest absolute Gasteiger partial charge is 0.248 e. The molecule has 7 nitrogen and oxygen atoms in total. The van der Waals surface area contributed by atoms with E-state index in [0.717, 1.165) is 60.7 Å². The Labute approximate surface area is 180 Å². The van der Waals surface area contributed by atoms with Gasteiger partial charge >= 0.3 is 0 Å². The Bertz CT molecular complexity index is 1020. The van der Waals surface area contributed by atoms with Gasteiger partial charge in [0.1, 0.15) is 11.9 Å². The van der Waals surface area contributed by atoms with Gasteiger partial charge < -0.3 is 14.8 Å². The number of carbonyl (C=O) groups excluding carboxylic acids is 2. The van der Waals surface area contributed by atoms with E-state index in [2.05, 4.69) is 27.0 Å². The second-order valence-electron chi connectivity index (χ2n) is 8.69. The summed E-state index contributed by atoms with van der Waals surface area (Å²) in [4.78, 5) is 27.1. The molecule has 0 radical (unpaired) electrons. The lowest BCUT2D eigenvalue weighted by Crippen LogP contribution is -2.48. The van der Waals surface area contributed by atoms with E-state index in [1.807, 2.05) is 25.1 Å². The van der Waals surface area contributed by atoms with Crippen molar-refractivity contribution in [2.24, 2.45) is 0 Å². The number of rotatable bonds is 3. The van der Waals surface area contributed by atoms with Crippen molar-refractivity contribution in [3.8, 4) is 11.4 Å². The zero-order valence-corrected chi connectivity index (χ0v) is 18.3. The minimum Gasteiger partial charge on any atom is -0.324 e. The van der Waals surface area contributed by atoms with Crippen molar-refractivity contribution in [3.05, 3.63) is 29.6 Å². The normalized spacial score (nSPS) is 25.7. The Kier molecular flexibility index (Phi) is 4.84. The molecule has 5 rings (SSSR count). The number of carbonyl (C=O) groups is 2. The standard InChI is InChI=1S/C22H27N5O2S/c1-14-7-8-15(20-25-24-18-6-4-3-5-11-26(18)20)12-16(14)23-21(29)17-13-30-22(2)10-9-19(28)27(17)22/h7-8,12,17H,3-6,9-11,13H2,1-2H3,(H,23,29)/t17-,22-/m1/s1. The maximum Gasteiger partial charge on any atom is 0.248 e. The number of aryl methyl sites for hydroxylation is 2. The van der Waals surface area contributed by atoms with E-state index < -0.39 is 6.04 Å². The molecule has 2 amide bonds. The van der Waals surface area contributed by atoms with Crippen LogP contribution in [0.2, 0.25) is 0 Å². The number of fused-ring (bicyclic) bond motifs is 2. The van der Waals surface area contributed by atoms with Gasteiger partial charge in [0.15, 0.2) is 5.82 Å². The molecule has 1 N–H and O–H groups in total. The fraction of sp³-hybridized carbons (Fsp3) is 0.545. The lowest BCUT2D eigenvalue weighted by atomic mass is 10.1. The highest BCUT2D eigenvalue weighted by atomic mass is 32.2. The molecule has 0 unspecified atom stereocenters. The molecular weight excluding hydrogens is 398 g/mol. The number of hydrogen-bond acceptors (Lipinski definition) is 5. The van der Waals surface area contributed by atoms with Gasteiger partial charge in [-0.15, -0.1) is 22.0 Å². The lowest BCUT2D eigenvalue weighted by Gasteiger charge is -2.30. The van der Waals surface area contributed by atoms with Crippen molar-refractivity contribution < 1.29 is 9.59 Å². The monoisotopic (exact) mass is 425 g/mol. The third-order valence-electron chi connectivity index (χ3n) is 6.61. The van der Waals surface area contributed by atoms with Crippen LogP contribution in [0.5, 0.6) is 0 Å². The van der Waals surface area contributed by atoms with Gasteiger partial charge in [0.25, 0.3) is 0 Å². The summed E-state index contributed by atoms with van der Waals surface area (Å²) in [6.07, 6.45) is 5.80. The maximum absolute atomic E-state index is 13.1. The molecule has 2 aromatic rings. The number of amides is 2. The highest BCUT2D eigenvalue weighted by Gasteiger charge is 2.52. The van der Waals surface area contributed by atoms with Gasteiger partial charge in [0.05, 0.1) is 4.87 Å². The highest BCUT2D eigenvalue weighted by Crippen LogP contribution is 2.47. The summed E-state index contributed by atoms with van der Waals surface area (Å²) in [6.45, 7) is 4.99. The van der Waals surface area contributed by atoms with E-state index in [9.17, 15) is 9.59 Å². The average Bonchev–Trinajstić information content (AvgIpc) is 3.31. The lowest BCUT2D eigenvalue weighted by molar-refractivity contribution is -0.135. The molecule has 0 saturated carbocycles. The Morgan fingerprint density at radius 2 is 2.10 bits per heavy atom. The molecule has 0 bridgehead atoms. The van der Waals surface area contributed by atoms with Crippen molar-refractivity contribution in [2.75, 3.05) is 11.1 Å². The zero-order valence-electron chi connectivity index (χ0n) is 17.5. The minimum atomic E-state index is -0.414. The van der Waals surface area contributed by atoms with Crippen LogP contribution in [0.4, 0.5) is 5.69 Å². The van der Waals surface area contributed by atoms with Crippen LogP contribution in [-0.2, 0) is 22.6 Å². The third kappa shape index (κ3) is 3.21. The van der Waals surface area contributed by atoms with Gasteiger partial charge in [-0.1, -0.05) is 18.6 Å².